The summed E-state index contributed by atoms with van der Waals surface area (Å²) in [6.07, 6.45) is 0.672. The second kappa shape index (κ2) is 25.4. The van der Waals surface area contributed by atoms with Crippen LogP contribution in [0.15, 0.2) is 24.3 Å². The number of rotatable bonds is 8. The molecular weight excluding hydrogens is 332 g/mol. The Kier molecular flexibility index (Phi) is 38.5. The third-order valence-electron chi connectivity index (χ3n) is 2.63. The van der Waals surface area contributed by atoms with Crippen LogP contribution >= 0.6 is 0 Å². The lowest BCUT2D eigenvalue weighted by atomic mass is 10.1. The molecular formula is C19H44N4O3. The first-order valence-electron chi connectivity index (χ1n) is 6.70. The molecule has 158 valence electrons. The van der Waals surface area contributed by atoms with E-state index in [0.717, 1.165) is 19.6 Å². The molecule has 0 aliphatic carbocycles. The van der Waals surface area contributed by atoms with E-state index in [-0.39, 0.29) is 42.7 Å². The minimum atomic E-state index is -0.984. The van der Waals surface area contributed by atoms with E-state index in [1.165, 1.54) is 24.3 Å². The fourth-order valence-electron chi connectivity index (χ4n) is 1.59. The zero-order valence-corrected chi connectivity index (χ0v) is 12.1. The second-order valence-corrected chi connectivity index (χ2v) is 4.25. The van der Waals surface area contributed by atoms with Crippen molar-refractivity contribution in [2.75, 3.05) is 39.3 Å². The number of carboxylic acids is 1. The van der Waals surface area contributed by atoms with Crippen LogP contribution in [-0.2, 0) is 0 Å². The van der Waals surface area contributed by atoms with E-state index in [9.17, 15) is 9.59 Å². The van der Waals surface area contributed by atoms with Crippen LogP contribution in [0.3, 0.4) is 0 Å². The summed E-state index contributed by atoms with van der Waals surface area (Å²) < 4.78 is 0. The van der Waals surface area contributed by atoms with Crippen molar-refractivity contribution in [1.82, 2.24) is 4.90 Å². The fourth-order valence-corrected chi connectivity index (χ4v) is 1.59. The van der Waals surface area contributed by atoms with Crippen molar-refractivity contribution in [3.8, 4) is 0 Å². The maximum atomic E-state index is 10.3. The van der Waals surface area contributed by atoms with Gasteiger partial charge in [-0.3, -0.25) is 9.69 Å². The highest BCUT2D eigenvalue weighted by atomic mass is 16.4. The highest BCUT2D eigenvalue weighted by molar-refractivity contribution is 5.88. The maximum Gasteiger partial charge on any atom is 0.335 e. The van der Waals surface area contributed by atoms with E-state index in [1.54, 1.807) is 0 Å². The number of aldehydes is 1. The van der Waals surface area contributed by atoms with Gasteiger partial charge in [-0.25, -0.2) is 4.79 Å². The summed E-state index contributed by atoms with van der Waals surface area (Å²) in [5, 5.41) is 8.46. The van der Waals surface area contributed by atoms with Crippen molar-refractivity contribution in [3.63, 3.8) is 0 Å². The smallest absolute Gasteiger partial charge is 0.335 e. The topological polar surface area (TPSA) is 136 Å². The van der Waals surface area contributed by atoms with E-state index in [2.05, 4.69) is 4.90 Å². The molecule has 0 radical (unpaired) electrons. The highest BCUT2D eigenvalue weighted by Crippen LogP contribution is 2.01. The van der Waals surface area contributed by atoms with Crippen LogP contribution in [0.1, 0.15) is 57.8 Å². The summed E-state index contributed by atoms with van der Waals surface area (Å²) in [4.78, 5) is 22.6. The first kappa shape index (κ1) is 39.3. The van der Waals surface area contributed by atoms with Gasteiger partial charge >= 0.3 is 5.97 Å². The molecule has 0 bridgehead atoms. The molecule has 0 unspecified atom stereocenters. The van der Waals surface area contributed by atoms with Crippen LogP contribution < -0.4 is 17.2 Å². The first-order chi connectivity index (χ1) is 10.1. The van der Waals surface area contributed by atoms with Crippen LogP contribution in [0.4, 0.5) is 0 Å². The monoisotopic (exact) mass is 376 g/mol. The number of carboxylic acid groups (broad SMARTS) is 1. The first-order valence-corrected chi connectivity index (χ1v) is 6.70. The second-order valence-electron chi connectivity index (χ2n) is 4.25. The number of carbonyl (C=O) groups is 2. The average molecular weight is 377 g/mol. The van der Waals surface area contributed by atoms with Gasteiger partial charge in [0.25, 0.3) is 0 Å². The molecule has 1 aromatic carbocycles. The Morgan fingerprint density at radius 1 is 0.846 bits per heavy atom. The van der Waals surface area contributed by atoms with Crippen molar-refractivity contribution in [1.29, 1.82) is 0 Å². The highest BCUT2D eigenvalue weighted by Gasteiger charge is 2.00. The van der Waals surface area contributed by atoms with Gasteiger partial charge < -0.3 is 22.3 Å². The molecule has 0 aromatic heterocycles. The quantitative estimate of drug-likeness (QED) is 0.512. The minimum Gasteiger partial charge on any atom is -0.478 e. The normalized spacial score (nSPS) is 8.00. The van der Waals surface area contributed by atoms with Crippen molar-refractivity contribution in [2.45, 2.75) is 37.1 Å². The van der Waals surface area contributed by atoms with E-state index >= 15 is 0 Å². The molecule has 7 nitrogen and oxygen atoms in total. The summed E-state index contributed by atoms with van der Waals surface area (Å²) in [6, 6.07) is 5.73. The zero-order valence-electron chi connectivity index (χ0n) is 12.1. The third kappa shape index (κ3) is 18.5. The number of nitrogens with two attached hydrogens (primary N) is 3. The van der Waals surface area contributed by atoms with Gasteiger partial charge in [-0.05, 0) is 12.1 Å². The van der Waals surface area contributed by atoms with Crippen molar-refractivity contribution in [3.05, 3.63) is 35.4 Å². The van der Waals surface area contributed by atoms with Crippen LogP contribution in [0.2, 0.25) is 0 Å². The molecule has 0 amide bonds. The predicted molar refractivity (Wildman–Crippen MR) is 116 cm³/mol. The predicted octanol–water partition coefficient (Wildman–Crippen LogP) is 2.54. The molecule has 0 atom stereocenters. The summed E-state index contributed by atoms with van der Waals surface area (Å²) >= 11 is 0. The molecule has 1 rings (SSSR count). The molecule has 0 saturated carbocycles. The molecule has 7 N–H and O–H groups in total. The molecule has 0 heterocycles. The van der Waals surface area contributed by atoms with Gasteiger partial charge in [0.2, 0.25) is 0 Å². The van der Waals surface area contributed by atoms with E-state index in [0.29, 0.717) is 31.5 Å². The fraction of sp³-hybridized carbons (Fsp3) is 0.579. The summed E-state index contributed by atoms with van der Waals surface area (Å²) in [7, 11) is 0. The Morgan fingerprint density at radius 3 is 1.42 bits per heavy atom. The van der Waals surface area contributed by atoms with E-state index < -0.39 is 5.97 Å². The van der Waals surface area contributed by atoms with Gasteiger partial charge in [-0.2, -0.15) is 0 Å². The molecule has 7 heteroatoms. The Bertz CT molecular complexity index is 397. The van der Waals surface area contributed by atoms with Crippen LogP contribution in [0, 0.1) is 0 Å². The van der Waals surface area contributed by atoms with Gasteiger partial charge in [0, 0.05) is 44.8 Å². The lowest BCUT2D eigenvalue weighted by molar-refractivity contribution is 0.0696. The van der Waals surface area contributed by atoms with Gasteiger partial charge in [-0.1, -0.05) is 49.3 Å². The van der Waals surface area contributed by atoms with E-state index in [1.807, 2.05) is 0 Å². The number of hydrogen-bond donors (Lipinski definition) is 4. The summed E-state index contributed by atoms with van der Waals surface area (Å²) in [5.41, 5.74) is 16.8. The zero-order chi connectivity index (χ0) is 16.1. The lowest BCUT2D eigenvalue weighted by Gasteiger charge is -2.18. The van der Waals surface area contributed by atoms with Crippen molar-refractivity contribution >= 4 is 12.3 Å². The third-order valence-corrected chi connectivity index (χ3v) is 2.63. The SMILES string of the molecule is C.C.C.C.C.NCCN(CCN)CCN.O=Cc1ccc(C(=O)O)cc1. The van der Waals surface area contributed by atoms with Crippen molar-refractivity contribution < 1.29 is 14.7 Å². The lowest BCUT2D eigenvalue weighted by Crippen LogP contribution is -2.37. The van der Waals surface area contributed by atoms with Crippen LogP contribution in [-0.4, -0.2) is 61.5 Å². The van der Waals surface area contributed by atoms with Gasteiger partial charge in [0.1, 0.15) is 6.29 Å². The average Bonchev–Trinajstić information content (AvgIpc) is 2.49. The van der Waals surface area contributed by atoms with Gasteiger partial charge in [0.05, 0.1) is 5.56 Å². The molecule has 0 aliphatic heterocycles. The Labute approximate surface area is 161 Å². The van der Waals surface area contributed by atoms with Crippen LogP contribution in [0.25, 0.3) is 0 Å². The molecule has 0 spiro atoms. The van der Waals surface area contributed by atoms with Gasteiger partial charge in [-0.15, -0.1) is 0 Å². The van der Waals surface area contributed by atoms with E-state index in [4.69, 9.17) is 22.3 Å². The number of aromatic carboxylic acids is 1. The Balaban J connectivity index is -0.0000000648. The van der Waals surface area contributed by atoms with Crippen LogP contribution in [0.5, 0.6) is 0 Å². The number of hydrogen-bond acceptors (Lipinski definition) is 6. The summed E-state index contributed by atoms with van der Waals surface area (Å²) in [5.74, 6) is -0.984. The number of benzene rings is 1. The molecule has 0 fully saturated rings. The number of carbonyl (C=O) groups excluding carboxylic acids is 1. The standard InChI is InChI=1S/C8H6O3.C6H18N4.5CH4/c9-5-6-1-3-7(4-2-6)8(10)11;7-1-4-10(5-2-8)6-3-9;;;;;/h1-5H,(H,10,11);1-9H2;5*1H4. The summed E-state index contributed by atoms with van der Waals surface area (Å²) in [6.45, 7) is 4.73. The largest absolute Gasteiger partial charge is 0.478 e. The molecule has 0 aliphatic rings. The van der Waals surface area contributed by atoms with Crippen molar-refractivity contribution in [2.24, 2.45) is 17.2 Å². The molecule has 1 aromatic rings. The Morgan fingerprint density at radius 2 is 1.19 bits per heavy atom. The molecule has 26 heavy (non-hydrogen) atoms. The minimum absolute atomic E-state index is 0. The van der Waals surface area contributed by atoms with Gasteiger partial charge in [0.15, 0.2) is 0 Å². The molecule has 0 saturated heterocycles. The Hall–Kier alpha value is -1.80. The maximum absolute atomic E-state index is 10.3. The number of nitrogens with zero attached hydrogens (tertiary/aromatic N) is 1.